The van der Waals surface area contributed by atoms with Crippen LogP contribution in [-0.2, 0) is 11.3 Å². The van der Waals surface area contributed by atoms with Crippen LogP contribution >= 0.6 is 0 Å². The van der Waals surface area contributed by atoms with Crippen molar-refractivity contribution >= 4 is 22.5 Å². The van der Waals surface area contributed by atoms with Crippen LogP contribution in [-0.4, -0.2) is 5.91 Å². The third kappa shape index (κ3) is 3.19. The van der Waals surface area contributed by atoms with E-state index in [0.717, 1.165) is 29.6 Å². The van der Waals surface area contributed by atoms with Gasteiger partial charge in [0.25, 0.3) is 0 Å². The Morgan fingerprint density at radius 1 is 1.28 bits per heavy atom. The summed E-state index contributed by atoms with van der Waals surface area (Å²) in [6, 6.07) is 10.0. The van der Waals surface area contributed by atoms with Gasteiger partial charge < -0.3 is 29.3 Å². The van der Waals surface area contributed by atoms with Crippen molar-refractivity contribution < 1.29 is 33.3 Å². The zero-order valence-corrected chi connectivity index (χ0v) is 12.8. The quantitative estimate of drug-likeness (QED) is 0.584. The maximum atomic E-state index is 11.1. The number of rotatable bonds is 3. The average molecular weight is 356 g/mol. The molecule has 1 aromatic carbocycles. The maximum Gasteiger partial charge on any atom is 0.221 e. The topological polar surface area (TPSA) is 33.0 Å². The van der Waals surface area contributed by atoms with Crippen LogP contribution in [0.1, 0.15) is 20.3 Å². The smallest absolute Gasteiger partial charge is 0.221 e. The summed E-state index contributed by atoms with van der Waals surface area (Å²) < 4.78 is 2.21. The molecule has 0 bridgehead atoms. The molecular weight excluding hydrogens is 339 g/mol. The SMILES string of the molecule is CCC[n+]1cccc2c(NC(C)=O)cccc21.[I-]. The van der Waals surface area contributed by atoms with E-state index in [-0.39, 0.29) is 29.9 Å². The number of hydrogen-bond donors (Lipinski definition) is 1. The van der Waals surface area contributed by atoms with Crippen molar-refractivity contribution in [2.45, 2.75) is 26.8 Å². The first kappa shape index (κ1) is 14.9. The molecule has 2 aromatic rings. The number of aryl methyl sites for hydroxylation is 1. The summed E-state index contributed by atoms with van der Waals surface area (Å²) in [5.41, 5.74) is 2.03. The molecule has 0 spiro atoms. The summed E-state index contributed by atoms with van der Waals surface area (Å²) in [7, 11) is 0. The van der Waals surface area contributed by atoms with Crippen molar-refractivity contribution in [2.75, 3.05) is 5.32 Å². The number of nitrogens with one attached hydrogen (secondary N) is 1. The van der Waals surface area contributed by atoms with Crippen LogP contribution in [0.5, 0.6) is 0 Å². The average Bonchev–Trinajstić information content (AvgIpc) is 2.30. The van der Waals surface area contributed by atoms with E-state index in [9.17, 15) is 4.79 Å². The molecule has 0 aliphatic carbocycles. The molecule has 3 nitrogen and oxygen atoms in total. The van der Waals surface area contributed by atoms with Gasteiger partial charge in [-0.2, -0.15) is 4.57 Å². The molecule has 1 amide bonds. The molecule has 0 saturated heterocycles. The summed E-state index contributed by atoms with van der Waals surface area (Å²) >= 11 is 0. The highest BCUT2D eigenvalue weighted by atomic mass is 127. The summed E-state index contributed by atoms with van der Waals surface area (Å²) in [6.07, 6.45) is 3.16. The number of carbonyl (C=O) groups excluding carboxylic acids is 1. The van der Waals surface area contributed by atoms with Crippen molar-refractivity contribution in [1.82, 2.24) is 0 Å². The molecule has 0 unspecified atom stereocenters. The fraction of sp³-hybridized carbons (Fsp3) is 0.286. The summed E-state index contributed by atoms with van der Waals surface area (Å²) in [6.45, 7) is 4.67. The minimum absolute atomic E-state index is 0. The normalized spacial score (nSPS) is 9.89. The van der Waals surface area contributed by atoms with Gasteiger partial charge in [-0.05, 0) is 12.1 Å². The zero-order chi connectivity index (χ0) is 12.3. The Balaban J connectivity index is 0.00000162. The third-order valence-corrected chi connectivity index (χ3v) is 2.70. The fourth-order valence-electron chi connectivity index (χ4n) is 2.04. The Morgan fingerprint density at radius 3 is 2.72 bits per heavy atom. The van der Waals surface area contributed by atoms with Crippen LogP contribution in [0.15, 0.2) is 36.5 Å². The highest BCUT2D eigenvalue weighted by Crippen LogP contribution is 2.20. The van der Waals surface area contributed by atoms with Crippen molar-refractivity contribution in [3.05, 3.63) is 36.5 Å². The lowest BCUT2D eigenvalue weighted by Crippen LogP contribution is -3.00. The number of hydrogen-bond acceptors (Lipinski definition) is 1. The van der Waals surface area contributed by atoms with Gasteiger partial charge >= 0.3 is 0 Å². The van der Waals surface area contributed by atoms with Crippen LogP contribution in [0.2, 0.25) is 0 Å². The number of fused-ring (bicyclic) bond motifs is 1. The Kier molecular flexibility index (Phi) is 5.53. The van der Waals surface area contributed by atoms with Gasteiger partial charge in [0.05, 0.1) is 11.1 Å². The van der Waals surface area contributed by atoms with Crippen molar-refractivity contribution in [3.8, 4) is 0 Å². The van der Waals surface area contributed by atoms with Crippen LogP contribution in [0.25, 0.3) is 10.9 Å². The van der Waals surface area contributed by atoms with Gasteiger partial charge in [-0.25, -0.2) is 0 Å². The van der Waals surface area contributed by atoms with Crippen LogP contribution in [0.3, 0.4) is 0 Å². The van der Waals surface area contributed by atoms with Crippen LogP contribution in [0.4, 0.5) is 5.69 Å². The Labute approximate surface area is 124 Å². The fourth-order valence-corrected chi connectivity index (χ4v) is 2.04. The number of amides is 1. The molecule has 0 aliphatic heterocycles. The van der Waals surface area contributed by atoms with Crippen molar-refractivity contribution in [3.63, 3.8) is 0 Å². The summed E-state index contributed by atoms with van der Waals surface area (Å²) in [5, 5.41) is 3.95. The highest BCUT2D eigenvalue weighted by molar-refractivity contribution is 5.99. The Bertz CT molecular complexity index is 554. The summed E-state index contributed by atoms with van der Waals surface area (Å²) in [4.78, 5) is 11.1. The van der Waals surface area contributed by atoms with E-state index in [4.69, 9.17) is 0 Å². The van der Waals surface area contributed by atoms with Gasteiger partial charge in [0.1, 0.15) is 6.54 Å². The molecule has 18 heavy (non-hydrogen) atoms. The molecular formula is C14H17IN2O. The molecule has 0 saturated carbocycles. The second-order valence-electron chi connectivity index (χ2n) is 4.12. The number of benzene rings is 1. The molecule has 1 heterocycles. The predicted molar refractivity (Wildman–Crippen MR) is 68.7 cm³/mol. The van der Waals surface area contributed by atoms with Gasteiger partial charge in [0.2, 0.25) is 11.4 Å². The number of halogens is 1. The largest absolute Gasteiger partial charge is 1.00 e. The molecule has 0 atom stereocenters. The van der Waals surface area contributed by atoms with E-state index < -0.39 is 0 Å². The first-order valence-corrected chi connectivity index (χ1v) is 5.91. The van der Waals surface area contributed by atoms with Crippen LogP contribution < -0.4 is 33.9 Å². The number of nitrogens with zero attached hydrogens (tertiary/aromatic N) is 1. The minimum atomic E-state index is -0.0385. The molecule has 96 valence electrons. The van der Waals surface area contributed by atoms with Gasteiger partial charge in [-0.1, -0.05) is 13.0 Å². The number of pyridine rings is 1. The van der Waals surface area contributed by atoms with Gasteiger partial charge in [0, 0.05) is 25.5 Å². The minimum Gasteiger partial charge on any atom is -1.00 e. The number of carbonyl (C=O) groups is 1. The van der Waals surface area contributed by atoms with Gasteiger partial charge in [0.15, 0.2) is 6.20 Å². The van der Waals surface area contributed by atoms with E-state index in [2.05, 4.69) is 29.1 Å². The van der Waals surface area contributed by atoms with E-state index in [0.29, 0.717) is 0 Å². The predicted octanol–water partition coefficient (Wildman–Crippen LogP) is -0.500. The number of anilines is 1. The highest BCUT2D eigenvalue weighted by Gasteiger charge is 2.10. The monoisotopic (exact) mass is 356 g/mol. The second kappa shape index (κ2) is 6.68. The van der Waals surface area contributed by atoms with Crippen LogP contribution in [0, 0.1) is 0 Å². The van der Waals surface area contributed by atoms with E-state index in [1.54, 1.807) is 0 Å². The van der Waals surface area contributed by atoms with E-state index in [1.807, 2.05) is 24.3 Å². The molecule has 0 fully saturated rings. The second-order valence-corrected chi connectivity index (χ2v) is 4.12. The van der Waals surface area contributed by atoms with E-state index >= 15 is 0 Å². The van der Waals surface area contributed by atoms with E-state index in [1.165, 1.54) is 6.92 Å². The maximum absolute atomic E-state index is 11.1. The Morgan fingerprint density at radius 2 is 2.06 bits per heavy atom. The van der Waals surface area contributed by atoms with Gasteiger partial charge in [-0.3, -0.25) is 4.79 Å². The molecule has 0 aliphatic rings. The van der Waals surface area contributed by atoms with Crippen molar-refractivity contribution in [2.24, 2.45) is 0 Å². The first-order valence-electron chi connectivity index (χ1n) is 5.91. The lowest BCUT2D eigenvalue weighted by Gasteiger charge is -2.06. The number of aromatic nitrogens is 1. The lowest BCUT2D eigenvalue weighted by atomic mass is 10.1. The first-order chi connectivity index (χ1) is 8.22. The summed E-state index contributed by atoms with van der Waals surface area (Å²) in [5.74, 6) is -0.0385. The molecule has 4 heteroatoms. The standard InChI is InChI=1S/C14H16N2O.HI/c1-3-9-16-10-5-6-12-13(15-11(2)17)7-4-8-14(12)16;/h4-8,10H,3,9H2,1-2H3;1H. The zero-order valence-electron chi connectivity index (χ0n) is 10.6. The molecule has 2 rings (SSSR count). The van der Waals surface area contributed by atoms with Gasteiger partial charge in [-0.15, -0.1) is 0 Å². The molecule has 0 radical (unpaired) electrons. The molecule has 1 aromatic heterocycles. The Hall–Kier alpha value is -1.17. The lowest BCUT2D eigenvalue weighted by molar-refractivity contribution is -0.671. The third-order valence-electron chi connectivity index (χ3n) is 2.70. The van der Waals surface area contributed by atoms with Crippen molar-refractivity contribution in [1.29, 1.82) is 0 Å². The molecule has 1 N–H and O–H groups in total.